The third-order valence-corrected chi connectivity index (χ3v) is 5.92. The summed E-state index contributed by atoms with van der Waals surface area (Å²) in [7, 11) is 0. The van der Waals surface area contributed by atoms with E-state index >= 15 is 0 Å². The maximum Gasteiger partial charge on any atom is 0.255 e. The zero-order valence-electron chi connectivity index (χ0n) is 15.3. The molecule has 9 heteroatoms. The summed E-state index contributed by atoms with van der Waals surface area (Å²) in [6, 6.07) is 12.3. The monoisotopic (exact) mass is 467 g/mol. The second-order valence-corrected chi connectivity index (χ2v) is 8.42. The zero-order chi connectivity index (χ0) is 21.0. The fourth-order valence-electron chi connectivity index (χ4n) is 2.58. The first kappa shape index (κ1) is 21.7. The average molecular weight is 469 g/mol. The number of rotatable bonds is 6. The molecule has 0 unspecified atom stereocenters. The number of nitrogens with zero attached hydrogens (tertiary/aromatic N) is 1. The molecule has 3 rings (SSSR count). The summed E-state index contributed by atoms with van der Waals surface area (Å²) in [5.41, 5.74) is 2.00. The molecule has 1 aromatic heterocycles. The van der Waals surface area contributed by atoms with Crippen molar-refractivity contribution in [3.63, 3.8) is 0 Å². The number of hydrogen-bond donors (Lipinski definition) is 2. The molecule has 150 valence electrons. The van der Waals surface area contributed by atoms with Crippen molar-refractivity contribution in [3.05, 3.63) is 84.7 Å². The Hall–Kier alpha value is -1.99. The highest BCUT2D eigenvalue weighted by Gasteiger charge is 2.14. The molecular weight excluding hydrogens is 453 g/mol. The summed E-state index contributed by atoms with van der Waals surface area (Å²) in [5.74, 6) is 0.262. The van der Waals surface area contributed by atoms with Crippen LogP contribution in [0.5, 0.6) is 0 Å². The van der Waals surface area contributed by atoms with Crippen LogP contribution in [0.1, 0.15) is 16.8 Å². The Morgan fingerprint density at radius 1 is 1.14 bits per heavy atom. The minimum Gasteiger partial charge on any atom is -0.326 e. The number of anilines is 1. The van der Waals surface area contributed by atoms with E-state index in [0.717, 1.165) is 5.56 Å². The molecule has 0 bridgehead atoms. The average Bonchev–Trinajstić information content (AvgIpc) is 2.66. The van der Waals surface area contributed by atoms with Gasteiger partial charge in [-0.15, -0.1) is 0 Å². The van der Waals surface area contributed by atoms with Gasteiger partial charge >= 0.3 is 0 Å². The van der Waals surface area contributed by atoms with Crippen LogP contribution in [0.25, 0.3) is 0 Å². The van der Waals surface area contributed by atoms with Gasteiger partial charge in [0.05, 0.1) is 16.5 Å². The van der Waals surface area contributed by atoms with E-state index < -0.39 is 0 Å². The largest absolute Gasteiger partial charge is 0.326 e. The van der Waals surface area contributed by atoms with Crippen molar-refractivity contribution in [2.24, 2.45) is 0 Å². The van der Waals surface area contributed by atoms with E-state index in [9.17, 15) is 9.59 Å². The fourth-order valence-corrected chi connectivity index (χ4v) is 3.94. The lowest BCUT2D eigenvalue weighted by atomic mass is 10.1. The van der Waals surface area contributed by atoms with Crippen LogP contribution >= 0.6 is 46.6 Å². The molecule has 0 aliphatic heterocycles. The Bertz CT molecular complexity index is 1120. The smallest absolute Gasteiger partial charge is 0.255 e. The number of carbonyl (C=O) groups excluding carboxylic acids is 1. The van der Waals surface area contributed by atoms with Crippen LogP contribution in [0.3, 0.4) is 0 Å². The molecule has 0 saturated carbocycles. The minimum absolute atomic E-state index is 0.104. The highest BCUT2D eigenvalue weighted by Crippen LogP contribution is 2.25. The van der Waals surface area contributed by atoms with Crippen LogP contribution in [-0.4, -0.2) is 15.9 Å². The van der Waals surface area contributed by atoms with Gasteiger partial charge < -0.3 is 10.3 Å². The molecule has 0 atom stereocenters. The molecule has 0 spiro atoms. The number of halogens is 3. The van der Waals surface area contributed by atoms with Gasteiger partial charge in [0.15, 0.2) is 5.16 Å². The highest BCUT2D eigenvalue weighted by atomic mass is 35.5. The number of benzene rings is 2. The first-order valence-corrected chi connectivity index (χ1v) is 10.7. The highest BCUT2D eigenvalue weighted by molar-refractivity contribution is 7.98. The Balaban J connectivity index is 1.67. The predicted octanol–water partition coefficient (Wildman–Crippen LogP) is 5.51. The molecule has 2 aromatic carbocycles. The van der Waals surface area contributed by atoms with Gasteiger partial charge in [-0.3, -0.25) is 9.59 Å². The van der Waals surface area contributed by atoms with Crippen molar-refractivity contribution in [2.45, 2.75) is 24.3 Å². The fraction of sp³-hybridized carbons (Fsp3) is 0.150. The Morgan fingerprint density at radius 2 is 1.93 bits per heavy atom. The third-order valence-electron chi connectivity index (χ3n) is 4.01. The number of aromatic nitrogens is 2. The topological polar surface area (TPSA) is 74.8 Å². The number of nitrogens with one attached hydrogen (secondary N) is 2. The van der Waals surface area contributed by atoms with Crippen molar-refractivity contribution >= 4 is 58.2 Å². The molecule has 2 N–H and O–H groups in total. The number of carbonyl (C=O) groups is 1. The van der Waals surface area contributed by atoms with E-state index in [1.54, 1.807) is 31.2 Å². The lowest BCUT2D eigenvalue weighted by molar-refractivity contribution is -0.115. The lowest BCUT2D eigenvalue weighted by Gasteiger charge is -2.09. The molecule has 0 aliphatic carbocycles. The standard InChI is InChI=1S/C20H16Cl3N3O2S/c1-11-15(9-18(27)25-14-5-6-16(22)17(23)8-14)19(28)26-20(24-11)29-10-12-3-2-4-13(21)7-12/h2-8H,9-10H2,1H3,(H,25,27)(H,24,26,28). The van der Waals surface area contributed by atoms with Gasteiger partial charge in [0.1, 0.15) is 0 Å². The van der Waals surface area contributed by atoms with Crippen LogP contribution in [0, 0.1) is 6.92 Å². The maximum absolute atomic E-state index is 12.5. The second-order valence-electron chi connectivity index (χ2n) is 6.21. The lowest BCUT2D eigenvalue weighted by Crippen LogP contribution is -2.23. The molecule has 29 heavy (non-hydrogen) atoms. The number of hydrogen-bond acceptors (Lipinski definition) is 4. The van der Waals surface area contributed by atoms with E-state index in [0.29, 0.717) is 42.9 Å². The third kappa shape index (κ3) is 6.00. The summed E-state index contributed by atoms with van der Waals surface area (Å²) in [4.78, 5) is 31.9. The Kier molecular flexibility index (Phi) is 7.24. The molecule has 3 aromatic rings. The Labute approximate surface area is 186 Å². The first-order chi connectivity index (χ1) is 13.8. The molecule has 0 fully saturated rings. The van der Waals surface area contributed by atoms with Gasteiger partial charge in [-0.25, -0.2) is 4.98 Å². The Morgan fingerprint density at radius 3 is 2.62 bits per heavy atom. The summed E-state index contributed by atoms with van der Waals surface area (Å²) in [6.07, 6.45) is -0.104. The van der Waals surface area contributed by atoms with Crippen molar-refractivity contribution in [3.8, 4) is 0 Å². The molecule has 5 nitrogen and oxygen atoms in total. The minimum atomic E-state index is -0.349. The van der Waals surface area contributed by atoms with Gasteiger partial charge in [-0.2, -0.15) is 0 Å². The van der Waals surface area contributed by atoms with Gasteiger partial charge in [-0.1, -0.05) is 58.7 Å². The zero-order valence-corrected chi connectivity index (χ0v) is 18.3. The SMILES string of the molecule is Cc1nc(SCc2cccc(Cl)c2)[nH]c(=O)c1CC(=O)Nc1ccc(Cl)c(Cl)c1. The van der Waals surface area contributed by atoms with E-state index in [4.69, 9.17) is 34.8 Å². The molecule has 0 saturated heterocycles. The summed E-state index contributed by atoms with van der Waals surface area (Å²) < 4.78 is 0. The van der Waals surface area contributed by atoms with Crippen LogP contribution < -0.4 is 10.9 Å². The van der Waals surface area contributed by atoms with Gasteiger partial charge in [0.2, 0.25) is 5.91 Å². The molecule has 1 heterocycles. The number of aryl methyl sites for hydroxylation is 1. The van der Waals surface area contributed by atoms with Gasteiger partial charge in [0.25, 0.3) is 5.56 Å². The van der Waals surface area contributed by atoms with Crippen LogP contribution in [0.15, 0.2) is 52.4 Å². The number of amides is 1. The van der Waals surface area contributed by atoms with Gasteiger partial charge in [0, 0.05) is 27.7 Å². The van der Waals surface area contributed by atoms with Crippen LogP contribution in [-0.2, 0) is 17.0 Å². The summed E-state index contributed by atoms with van der Waals surface area (Å²) >= 11 is 19.2. The van der Waals surface area contributed by atoms with E-state index in [2.05, 4.69) is 15.3 Å². The first-order valence-electron chi connectivity index (χ1n) is 8.54. The van der Waals surface area contributed by atoms with E-state index in [1.165, 1.54) is 11.8 Å². The van der Waals surface area contributed by atoms with Crippen molar-refractivity contribution in [1.82, 2.24) is 9.97 Å². The second kappa shape index (κ2) is 9.67. The maximum atomic E-state index is 12.5. The molecule has 0 radical (unpaired) electrons. The molecule has 0 aliphatic rings. The predicted molar refractivity (Wildman–Crippen MR) is 119 cm³/mol. The molecule has 1 amide bonds. The normalized spacial score (nSPS) is 10.8. The van der Waals surface area contributed by atoms with Crippen molar-refractivity contribution in [1.29, 1.82) is 0 Å². The van der Waals surface area contributed by atoms with Crippen molar-refractivity contribution in [2.75, 3.05) is 5.32 Å². The van der Waals surface area contributed by atoms with Crippen LogP contribution in [0.2, 0.25) is 15.1 Å². The van der Waals surface area contributed by atoms with E-state index in [1.807, 2.05) is 18.2 Å². The quantitative estimate of drug-likeness (QED) is 0.369. The summed E-state index contributed by atoms with van der Waals surface area (Å²) in [6.45, 7) is 1.71. The van der Waals surface area contributed by atoms with Crippen molar-refractivity contribution < 1.29 is 4.79 Å². The molecular formula is C20H16Cl3N3O2S. The summed E-state index contributed by atoms with van der Waals surface area (Å²) in [5, 5.41) is 4.57. The van der Waals surface area contributed by atoms with E-state index in [-0.39, 0.29) is 17.9 Å². The number of H-pyrrole nitrogens is 1. The van der Waals surface area contributed by atoms with Gasteiger partial charge in [-0.05, 0) is 42.8 Å². The number of thioether (sulfide) groups is 1. The van der Waals surface area contributed by atoms with Crippen LogP contribution in [0.4, 0.5) is 5.69 Å². The number of aromatic amines is 1.